The van der Waals surface area contributed by atoms with Crippen molar-refractivity contribution in [3.05, 3.63) is 28.8 Å². The first kappa shape index (κ1) is 15.4. The van der Waals surface area contributed by atoms with Crippen LogP contribution in [0.15, 0.2) is 17.0 Å². The van der Waals surface area contributed by atoms with Gasteiger partial charge in [0.15, 0.2) is 0 Å². The van der Waals surface area contributed by atoms with Crippen LogP contribution in [0.4, 0.5) is 0 Å². The maximum absolute atomic E-state index is 12.4. The predicted molar refractivity (Wildman–Crippen MR) is 76.2 cm³/mol. The van der Waals surface area contributed by atoms with Gasteiger partial charge in [0.05, 0.1) is 11.5 Å². The zero-order valence-corrected chi connectivity index (χ0v) is 12.9. The van der Waals surface area contributed by atoms with Gasteiger partial charge in [-0.05, 0) is 43.5 Å². The van der Waals surface area contributed by atoms with Crippen molar-refractivity contribution in [3.8, 4) is 0 Å². The Morgan fingerprint density at radius 1 is 1.25 bits per heavy atom. The molecule has 0 radical (unpaired) electrons. The molecule has 20 heavy (non-hydrogen) atoms. The van der Waals surface area contributed by atoms with Crippen molar-refractivity contribution in [1.29, 1.82) is 0 Å². The first-order valence-electron chi connectivity index (χ1n) is 6.61. The van der Waals surface area contributed by atoms with Gasteiger partial charge >= 0.3 is 0 Å². The Morgan fingerprint density at radius 2 is 1.90 bits per heavy atom. The Hall–Kier alpha value is -0.950. The van der Waals surface area contributed by atoms with Gasteiger partial charge in [-0.1, -0.05) is 6.07 Å². The van der Waals surface area contributed by atoms with Crippen LogP contribution in [0.3, 0.4) is 0 Å². The van der Waals surface area contributed by atoms with Crippen molar-refractivity contribution in [2.75, 3.05) is 19.8 Å². The maximum atomic E-state index is 12.4. The van der Waals surface area contributed by atoms with Gasteiger partial charge in [-0.3, -0.25) is 0 Å². The largest absolute Gasteiger partial charge is 0.386 e. The van der Waals surface area contributed by atoms with Crippen LogP contribution >= 0.6 is 0 Å². The Bertz CT molecular complexity index is 604. The Kier molecular flexibility index (Phi) is 4.20. The van der Waals surface area contributed by atoms with E-state index in [2.05, 4.69) is 4.72 Å². The summed E-state index contributed by atoms with van der Waals surface area (Å²) in [5, 5.41) is 10.1. The summed E-state index contributed by atoms with van der Waals surface area (Å²) in [6, 6.07) is 3.53. The Labute approximate surface area is 120 Å². The topological polar surface area (TPSA) is 75.6 Å². The van der Waals surface area contributed by atoms with Gasteiger partial charge in [-0.2, -0.15) is 0 Å². The van der Waals surface area contributed by atoms with Gasteiger partial charge in [-0.15, -0.1) is 0 Å². The molecular formula is C14H21NO4S. The van der Waals surface area contributed by atoms with Gasteiger partial charge in [-0.25, -0.2) is 13.1 Å². The summed E-state index contributed by atoms with van der Waals surface area (Å²) in [4.78, 5) is 0.267. The number of hydrogen-bond donors (Lipinski definition) is 2. The molecule has 1 aromatic carbocycles. The molecule has 1 atom stereocenters. The van der Waals surface area contributed by atoms with Crippen LogP contribution in [0.5, 0.6) is 0 Å². The Morgan fingerprint density at radius 3 is 2.50 bits per heavy atom. The van der Waals surface area contributed by atoms with E-state index in [0.29, 0.717) is 18.6 Å². The van der Waals surface area contributed by atoms with E-state index in [1.54, 1.807) is 13.0 Å². The summed E-state index contributed by atoms with van der Waals surface area (Å²) in [7, 11) is -3.62. The second-order valence-electron chi connectivity index (χ2n) is 5.55. The number of sulfonamides is 1. The summed E-state index contributed by atoms with van der Waals surface area (Å²) in [5.74, 6) is 0. The van der Waals surface area contributed by atoms with Gasteiger partial charge in [0, 0.05) is 19.6 Å². The average Bonchev–Trinajstić information content (AvgIpc) is 2.79. The van der Waals surface area contributed by atoms with E-state index in [0.717, 1.165) is 11.1 Å². The lowest BCUT2D eigenvalue weighted by Crippen LogP contribution is -2.43. The minimum Gasteiger partial charge on any atom is -0.386 e. The van der Waals surface area contributed by atoms with E-state index in [4.69, 9.17) is 4.74 Å². The lowest BCUT2D eigenvalue weighted by atomic mass is 10.1. The summed E-state index contributed by atoms with van der Waals surface area (Å²) < 4.78 is 32.3. The molecule has 112 valence electrons. The summed E-state index contributed by atoms with van der Waals surface area (Å²) >= 11 is 0. The fourth-order valence-electron chi connectivity index (χ4n) is 2.27. The number of aryl methyl sites for hydroxylation is 3. The molecule has 0 aliphatic carbocycles. The van der Waals surface area contributed by atoms with Crippen LogP contribution in [-0.4, -0.2) is 38.9 Å². The van der Waals surface area contributed by atoms with E-state index >= 15 is 0 Å². The third-order valence-electron chi connectivity index (χ3n) is 3.75. The second kappa shape index (κ2) is 5.44. The van der Waals surface area contributed by atoms with Crippen LogP contribution in [0.1, 0.15) is 23.1 Å². The molecule has 6 heteroatoms. The van der Waals surface area contributed by atoms with Crippen molar-refractivity contribution < 1.29 is 18.3 Å². The first-order chi connectivity index (χ1) is 9.23. The third kappa shape index (κ3) is 3.20. The highest BCUT2D eigenvalue weighted by molar-refractivity contribution is 7.89. The van der Waals surface area contributed by atoms with Crippen molar-refractivity contribution in [3.63, 3.8) is 0 Å². The molecule has 2 N–H and O–H groups in total. The smallest absolute Gasteiger partial charge is 0.240 e. The molecule has 1 aliphatic rings. The van der Waals surface area contributed by atoms with Crippen LogP contribution in [0.2, 0.25) is 0 Å². The molecule has 0 unspecified atom stereocenters. The highest BCUT2D eigenvalue weighted by Gasteiger charge is 2.33. The van der Waals surface area contributed by atoms with E-state index in [9.17, 15) is 13.5 Å². The van der Waals surface area contributed by atoms with Crippen molar-refractivity contribution in [2.24, 2.45) is 0 Å². The molecular weight excluding hydrogens is 278 g/mol. The van der Waals surface area contributed by atoms with Gasteiger partial charge in [0.1, 0.15) is 5.60 Å². The molecule has 1 aliphatic heterocycles. The van der Waals surface area contributed by atoms with E-state index in [1.165, 1.54) is 0 Å². The SMILES string of the molecule is Cc1cc(C)c(S(=O)(=O)NC[C@]2(O)CCOC2)cc1C. The predicted octanol–water partition coefficient (Wildman–Crippen LogP) is 1.04. The summed E-state index contributed by atoms with van der Waals surface area (Å²) in [5.41, 5.74) is 1.60. The maximum Gasteiger partial charge on any atom is 0.240 e. The number of rotatable bonds is 4. The second-order valence-corrected chi connectivity index (χ2v) is 7.29. The molecule has 0 bridgehead atoms. The minimum atomic E-state index is -3.62. The molecule has 0 amide bonds. The highest BCUT2D eigenvalue weighted by Crippen LogP contribution is 2.22. The summed E-state index contributed by atoms with van der Waals surface area (Å²) in [6.45, 7) is 6.20. The minimum absolute atomic E-state index is 0.0261. The van der Waals surface area contributed by atoms with Gasteiger partial charge < -0.3 is 9.84 Å². The monoisotopic (exact) mass is 299 g/mol. The Balaban J connectivity index is 2.20. The number of ether oxygens (including phenoxy) is 1. The van der Waals surface area contributed by atoms with Gasteiger partial charge in [0.25, 0.3) is 0 Å². The van der Waals surface area contributed by atoms with E-state index in [1.807, 2.05) is 19.9 Å². The normalized spacial score (nSPS) is 23.2. The van der Waals surface area contributed by atoms with Crippen LogP contribution in [0.25, 0.3) is 0 Å². The van der Waals surface area contributed by atoms with Gasteiger partial charge in [0.2, 0.25) is 10.0 Å². The molecule has 0 spiro atoms. The van der Waals surface area contributed by atoms with Crippen molar-refractivity contribution in [2.45, 2.75) is 37.7 Å². The number of nitrogens with one attached hydrogen (secondary N) is 1. The first-order valence-corrected chi connectivity index (χ1v) is 8.09. The number of hydrogen-bond acceptors (Lipinski definition) is 4. The molecule has 1 aromatic rings. The molecule has 2 rings (SSSR count). The lowest BCUT2D eigenvalue weighted by molar-refractivity contribution is 0.0314. The third-order valence-corrected chi connectivity index (χ3v) is 5.30. The fraction of sp³-hybridized carbons (Fsp3) is 0.571. The van der Waals surface area contributed by atoms with Crippen LogP contribution in [0, 0.1) is 20.8 Å². The molecule has 5 nitrogen and oxygen atoms in total. The molecule has 1 heterocycles. The van der Waals surface area contributed by atoms with Crippen LogP contribution < -0.4 is 4.72 Å². The molecule has 1 fully saturated rings. The van der Waals surface area contributed by atoms with Crippen molar-refractivity contribution >= 4 is 10.0 Å². The van der Waals surface area contributed by atoms with E-state index < -0.39 is 15.6 Å². The number of aliphatic hydroxyl groups is 1. The average molecular weight is 299 g/mol. The molecule has 0 saturated carbocycles. The zero-order chi connectivity index (χ0) is 15.0. The van der Waals surface area contributed by atoms with Crippen LogP contribution in [-0.2, 0) is 14.8 Å². The quantitative estimate of drug-likeness (QED) is 0.871. The molecule has 0 aromatic heterocycles. The standard InChI is InChI=1S/C14H21NO4S/c1-10-6-12(3)13(7-11(10)2)20(17,18)15-8-14(16)4-5-19-9-14/h6-7,15-16H,4-5,8-9H2,1-3H3/t14-/m1/s1. The molecule has 1 saturated heterocycles. The highest BCUT2D eigenvalue weighted by atomic mass is 32.2. The van der Waals surface area contributed by atoms with Crippen molar-refractivity contribution in [1.82, 2.24) is 4.72 Å². The summed E-state index contributed by atoms with van der Waals surface area (Å²) in [6.07, 6.45) is 0.446. The number of benzene rings is 1. The van der Waals surface area contributed by atoms with E-state index in [-0.39, 0.29) is 18.0 Å². The lowest BCUT2D eigenvalue weighted by Gasteiger charge is -2.21. The zero-order valence-electron chi connectivity index (χ0n) is 12.1. The fourth-order valence-corrected chi connectivity index (χ4v) is 3.70.